The number of aliphatic hydroxyl groups excluding tert-OH is 2. The summed E-state index contributed by atoms with van der Waals surface area (Å²) in [6.45, 7) is 0.696. The van der Waals surface area contributed by atoms with Crippen molar-refractivity contribution in [2.24, 2.45) is 0 Å². The molecule has 0 aliphatic carbocycles. The van der Waals surface area contributed by atoms with Gasteiger partial charge in [0.2, 0.25) is 0 Å². The number of carbonyl (C=O) groups is 1. The van der Waals surface area contributed by atoms with E-state index in [0.29, 0.717) is 13.2 Å². The summed E-state index contributed by atoms with van der Waals surface area (Å²) >= 11 is 30.2. The van der Waals surface area contributed by atoms with Gasteiger partial charge in [0.15, 0.2) is 0 Å². The van der Waals surface area contributed by atoms with Crippen LogP contribution in [0, 0.1) is 0 Å². The van der Waals surface area contributed by atoms with Crippen molar-refractivity contribution >= 4 is 75.8 Å². The first-order chi connectivity index (χ1) is 8.52. The first-order valence-corrected chi connectivity index (χ1v) is 6.63. The standard InChI is InChI=1S/C4H10O3.C3Cl6O3/c5-1-3-7-4-2-6;4-2(5,6)11-1(10)12-3(7,8)9/h5-6H,1-4H2;. The number of carbonyl (C=O) groups excluding carboxylic acids is 1. The Morgan fingerprint density at radius 3 is 1.37 bits per heavy atom. The summed E-state index contributed by atoms with van der Waals surface area (Å²) in [6, 6.07) is 0. The number of hydrogen-bond donors (Lipinski definition) is 2. The van der Waals surface area contributed by atoms with E-state index < -0.39 is 14.1 Å². The second-order valence-electron chi connectivity index (χ2n) is 2.41. The third-order valence-corrected chi connectivity index (χ3v) is 1.33. The van der Waals surface area contributed by atoms with Gasteiger partial charge in [-0.15, -0.1) is 0 Å². The van der Waals surface area contributed by atoms with Gasteiger partial charge in [0.1, 0.15) is 0 Å². The Hall–Kier alpha value is 0.890. The van der Waals surface area contributed by atoms with Crippen LogP contribution in [0.4, 0.5) is 4.79 Å². The summed E-state index contributed by atoms with van der Waals surface area (Å²) in [5.74, 6) is 0. The fraction of sp³-hybridized carbons (Fsp3) is 0.857. The molecule has 0 saturated carbocycles. The van der Waals surface area contributed by atoms with Gasteiger partial charge in [0.05, 0.1) is 26.4 Å². The van der Waals surface area contributed by atoms with Gasteiger partial charge in [0.25, 0.3) is 0 Å². The molecule has 0 unspecified atom stereocenters. The maximum Gasteiger partial charge on any atom is 0.515 e. The summed E-state index contributed by atoms with van der Waals surface area (Å²) in [6.07, 6.45) is -1.41. The summed E-state index contributed by atoms with van der Waals surface area (Å²) in [5, 5.41) is 16.2. The number of aliphatic hydroxyl groups is 2. The lowest BCUT2D eigenvalue weighted by Crippen LogP contribution is -2.22. The quantitative estimate of drug-likeness (QED) is 0.427. The van der Waals surface area contributed by atoms with Crippen LogP contribution in [0.5, 0.6) is 0 Å². The first kappa shape index (κ1) is 22.2. The Morgan fingerprint density at radius 2 is 1.16 bits per heavy atom. The van der Waals surface area contributed by atoms with Crippen molar-refractivity contribution in [1.82, 2.24) is 0 Å². The summed E-state index contributed by atoms with van der Waals surface area (Å²) < 4.78 is 8.14. The highest BCUT2D eigenvalue weighted by molar-refractivity contribution is 6.67. The van der Waals surface area contributed by atoms with E-state index in [2.05, 4.69) is 14.2 Å². The number of alkyl halides is 6. The van der Waals surface area contributed by atoms with Crippen molar-refractivity contribution in [3.05, 3.63) is 0 Å². The lowest BCUT2D eigenvalue weighted by Gasteiger charge is -2.15. The Kier molecular flexibility index (Phi) is 13.5. The summed E-state index contributed by atoms with van der Waals surface area (Å²) in [5.41, 5.74) is 0. The molecule has 0 aliphatic heterocycles. The van der Waals surface area contributed by atoms with Crippen LogP contribution in [0.15, 0.2) is 0 Å². The van der Waals surface area contributed by atoms with Gasteiger partial charge in [-0.2, -0.15) is 0 Å². The highest BCUT2D eigenvalue weighted by Crippen LogP contribution is 2.32. The van der Waals surface area contributed by atoms with E-state index in [4.69, 9.17) is 79.8 Å². The lowest BCUT2D eigenvalue weighted by molar-refractivity contribution is 0.0508. The van der Waals surface area contributed by atoms with Crippen LogP contribution in [-0.2, 0) is 14.2 Å². The van der Waals surface area contributed by atoms with E-state index >= 15 is 0 Å². The molecular formula is C7H10Cl6O6. The molecule has 0 rings (SSSR count). The minimum Gasteiger partial charge on any atom is -0.394 e. The van der Waals surface area contributed by atoms with Gasteiger partial charge in [-0.1, -0.05) is 0 Å². The summed E-state index contributed by atoms with van der Waals surface area (Å²) in [4.78, 5) is 10.5. The molecule has 0 spiro atoms. The molecule has 0 bridgehead atoms. The average molecular weight is 403 g/mol. The Labute approximate surface area is 139 Å². The Morgan fingerprint density at radius 1 is 0.842 bits per heavy atom. The van der Waals surface area contributed by atoms with Gasteiger partial charge in [-0.3, -0.25) is 0 Å². The molecule has 116 valence electrons. The van der Waals surface area contributed by atoms with Crippen LogP contribution < -0.4 is 0 Å². The number of ether oxygens (including phenoxy) is 3. The maximum absolute atomic E-state index is 10.5. The van der Waals surface area contributed by atoms with Crippen LogP contribution in [0.25, 0.3) is 0 Å². The molecule has 6 nitrogen and oxygen atoms in total. The molecule has 0 aromatic rings. The van der Waals surface area contributed by atoms with E-state index in [-0.39, 0.29) is 13.2 Å². The molecule has 0 amide bonds. The number of rotatable bonds is 4. The topological polar surface area (TPSA) is 85.2 Å². The molecule has 2 N–H and O–H groups in total. The second kappa shape index (κ2) is 11.5. The highest BCUT2D eigenvalue weighted by Gasteiger charge is 2.32. The first-order valence-electron chi connectivity index (χ1n) is 4.36. The fourth-order valence-corrected chi connectivity index (χ4v) is 0.819. The van der Waals surface area contributed by atoms with E-state index in [1.165, 1.54) is 0 Å². The zero-order chi connectivity index (χ0) is 15.5. The molecule has 0 heterocycles. The predicted octanol–water partition coefficient (Wildman–Crippen LogP) is 2.78. The summed E-state index contributed by atoms with van der Waals surface area (Å²) in [7, 11) is 0. The van der Waals surface area contributed by atoms with Crippen molar-refractivity contribution < 1.29 is 29.2 Å². The molecule has 0 saturated heterocycles. The Balaban J connectivity index is 0. The predicted molar refractivity (Wildman–Crippen MR) is 73.1 cm³/mol. The maximum atomic E-state index is 10.5. The van der Waals surface area contributed by atoms with Gasteiger partial charge >= 0.3 is 14.1 Å². The van der Waals surface area contributed by atoms with Crippen molar-refractivity contribution in [1.29, 1.82) is 0 Å². The minimum absolute atomic E-state index is 0.0278. The van der Waals surface area contributed by atoms with Gasteiger partial charge < -0.3 is 24.4 Å². The monoisotopic (exact) mass is 400 g/mol. The third kappa shape index (κ3) is 24.3. The molecule has 0 aromatic carbocycles. The van der Waals surface area contributed by atoms with Crippen molar-refractivity contribution in [3.8, 4) is 0 Å². The van der Waals surface area contributed by atoms with E-state index in [9.17, 15) is 4.79 Å². The average Bonchev–Trinajstić information content (AvgIpc) is 2.13. The molecule has 0 fully saturated rings. The highest BCUT2D eigenvalue weighted by atomic mass is 35.6. The van der Waals surface area contributed by atoms with E-state index in [0.717, 1.165) is 0 Å². The van der Waals surface area contributed by atoms with Gasteiger partial charge in [-0.05, 0) is 69.6 Å². The number of hydrogen-bond acceptors (Lipinski definition) is 6. The van der Waals surface area contributed by atoms with Crippen LogP contribution in [0.3, 0.4) is 0 Å². The molecule has 0 atom stereocenters. The molecule has 0 aromatic heterocycles. The number of halogens is 6. The van der Waals surface area contributed by atoms with Gasteiger partial charge in [0, 0.05) is 0 Å². The fourth-order valence-electron chi connectivity index (χ4n) is 0.441. The lowest BCUT2D eigenvalue weighted by atomic mass is 10.7. The molecular weight excluding hydrogens is 393 g/mol. The molecule has 0 radical (unpaired) electrons. The van der Waals surface area contributed by atoms with Crippen molar-refractivity contribution in [2.45, 2.75) is 7.96 Å². The smallest absolute Gasteiger partial charge is 0.394 e. The van der Waals surface area contributed by atoms with E-state index in [1.54, 1.807) is 0 Å². The molecule has 12 heteroatoms. The van der Waals surface area contributed by atoms with Gasteiger partial charge in [-0.25, -0.2) is 4.79 Å². The SMILES string of the molecule is O=C(OC(Cl)(Cl)Cl)OC(Cl)(Cl)Cl.OCCOCCO. The van der Waals surface area contributed by atoms with Crippen LogP contribution in [-0.4, -0.2) is 50.8 Å². The van der Waals surface area contributed by atoms with E-state index in [1.807, 2.05) is 0 Å². The zero-order valence-corrected chi connectivity index (χ0v) is 13.7. The molecule has 0 aliphatic rings. The van der Waals surface area contributed by atoms with Crippen molar-refractivity contribution in [2.75, 3.05) is 26.4 Å². The van der Waals surface area contributed by atoms with Crippen LogP contribution >= 0.6 is 69.6 Å². The van der Waals surface area contributed by atoms with Crippen LogP contribution in [0.1, 0.15) is 0 Å². The third-order valence-electron chi connectivity index (χ3n) is 0.869. The van der Waals surface area contributed by atoms with Crippen molar-refractivity contribution in [3.63, 3.8) is 0 Å². The minimum atomic E-state index is -2.24. The normalized spacial score (nSPS) is 11.4. The second-order valence-corrected chi connectivity index (χ2v) is 6.76. The largest absolute Gasteiger partial charge is 0.515 e. The zero-order valence-electron chi connectivity index (χ0n) is 9.12. The van der Waals surface area contributed by atoms with Crippen LogP contribution in [0.2, 0.25) is 0 Å². The Bertz CT molecular complexity index is 217. The molecule has 19 heavy (non-hydrogen) atoms.